The fourth-order valence-corrected chi connectivity index (χ4v) is 2.64. The Morgan fingerprint density at radius 3 is 2.75 bits per heavy atom. The van der Waals surface area contributed by atoms with E-state index in [-0.39, 0.29) is 12.6 Å². The van der Waals surface area contributed by atoms with Gasteiger partial charge in [-0.2, -0.15) is 5.26 Å². The highest BCUT2D eigenvalue weighted by Crippen LogP contribution is 2.17. The minimum Gasteiger partial charge on any atom is -0.492 e. The van der Waals surface area contributed by atoms with Crippen LogP contribution in [-0.2, 0) is 0 Å². The molecule has 1 atom stereocenters. The van der Waals surface area contributed by atoms with Gasteiger partial charge < -0.3 is 9.84 Å². The zero-order valence-corrected chi connectivity index (χ0v) is 11.8. The van der Waals surface area contributed by atoms with Crippen molar-refractivity contribution in [1.29, 1.82) is 5.26 Å². The minimum atomic E-state index is 0.233. The number of benzene rings is 1. The molecule has 20 heavy (non-hydrogen) atoms. The average Bonchev–Trinajstić information content (AvgIpc) is 2.73. The first-order valence-electron chi connectivity index (χ1n) is 7.31. The summed E-state index contributed by atoms with van der Waals surface area (Å²) in [4.78, 5) is 2.33. The van der Waals surface area contributed by atoms with Crippen molar-refractivity contribution in [3.63, 3.8) is 0 Å². The van der Waals surface area contributed by atoms with Crippen LogP contribution in [0.5, 0.6) is 5.75 Å². The first-order chi connectivity index (χ1) is 9.83. The fraction of sp³-hybridized carbons (Fsp3) is 0.562. The van der Waals surface area contributed by atoms with Gasteiger partial charge in [-0.1, -0.05) is 12.8 Å². The molecule has 0 aromatic heterocycles. The standard InChI is InChI=1S/C16H22N2O2/c17-12-14-5-7-16(8-6-14)20-11-10-18-9-3-1-2-4-15(18)13-19/h5-8,15,19H,1-4,9-11,13H2. The van der Waals surface area contributed by atoms with Crippen LogP contribution in [0.1, 0.15) is 31.2 Å². The van der Waals surface area contributed by atoms with Crippen molar-refractivity contribution < 1.29 is 9.84 Å². The molecular weight excluding hydrogens is 252 g/mol. The lowest BCUT2D eigenvalue weighted by Gasteiger charge is -2.28. The molecule has 0 radical (unpaired) electrons. The van der Waals surface area contributed by atoms with Crippen molar-refractivity contribution in [2.45, 2.75) is 31.7 Å². The van der Waals surface area contributed by atoms with E-state index in [9.17, 15) is 5.11 Å². The second-order valence-electron chi connectivity index (χ2n) is 5.21. The van der Waals surface area contributed by atoms with Gasteiger partial charge >= 0.3 is 0 Å². The summed E-state index contributed by atoms with van der Waals surface area (Å²) in [6.07, 6.45) is 4.74. The molecule has 0 amide bonds. The highest BCUT2D eigenvalue weighted by Gasteiger charge is 2.19. The van der Waals surface area contributed by atoms with Crippen molar-refractivity contribution >= 4 is 0 Å². The lowest BCUT2D eigenvalue weighted by Crippen LogP contribution is -2.40. The van der Waals surface area contributed by atoms with E-state index in [1.807, 2.05) is 12.1 Å². The Labute approximate surface area is 120 Å². The molecule has 1 aromatic carbocycles. The molecule has 4 heteroatoms. The van der Waals surface area contributed by atoms with Crippen LogP contribution < -0.4 is 4.74 Å². The molecule has 2 rings (SSSR count). The Hall–Kier alpha value is -1.57. The molecular formula is C16H22N2O2. The second-order valence-corrected chi connectivity index (χ2v) is 5.21. The molecule has 1 N–H and O–H groups in total. The molecule has 1 aromatic rings. The van der Waals surface area contributed by atoms with Gasteiger partial charge in [0.25, 0.3) is 0 Å². The molecule has 1 unspecified atom stereocenters. The predicted octanol–water partition coefficient (Wildman–Crippen LogP) is 2.17. The third-order valence-electron chi connectivity index (χ3n) is 3.84. The lowest BCUT2D eigenvalue weighted by molar-refractivity contribution is 0.108. The van der Waals surface area contributed by atoms with Gasteiger partial charge in [0.05, 0.1) is 18.2 Å². The van der Waals surface area contributed by atoms with E-state index < -0.39 is 0 Å². The molecule has 1 fully saturated rings. The minimum absolute atomic E-state index is 0.233. The van der Waals surface area contributed by atoms with Gasteiger partial charge in [0, 0.05) is 12.6 Å². The van der Waals surface area contributed by atoms with Crippen LogP contribution in [0.2, 0.25) is 0 Å². The average molecular weight is 274 g/mol. The van der Waals surface area contributed by atoms with Gasteiger partial charge in [-0.15, -0.1) is 0 Å². The van der Waals surface area contributed by atoms with E-state index in [2.05, 4.69) is 11.0 Å². The molecule has 0 aliphatic carbocycles. The summed E-state index contributed by atoms with van der Waals surface area (Å²) in [5.74, 6) is 0.791. The van der Waals surface area contributed by atoms with Gasteiger partial charge in [0.15, 0.2) is 0 Å². The van der Waals surface area contributed by atoms with E-state index in [1.165, 1.54) is 19.3 Å². The normalized spacial score (nSPS) is 20.1. The molecule has 4 nitrogen and oxygen atoms in total. The lowest BCUT2D eigenvalue weighted by atomic mass is 10.1. The van der Waals surface area contributed by atoms with E-state index in [0.717, 1.165) is 25.3 Å². The van der Waals surface area contributed by atoms with E-state index in [1.54, 1.807) is 12.1 Å². The Kier molecular flexibility index (Phi) is 5.85. The largest absolute Gasteiger partial charge is 0.492 e. The topological polar surface area (TPSA) is 56.5 Å². The predicted molar refractivity (Wildman–Crippen MR) is 77.6 cm³/mol. The number of hydrogen-bond donors (Lipinski definition) is 1. The number of nitriles is 1. The van der Waals surface area contributed by atoms with Gasteiger partial charge in [-0.05, 0) is 43.7 Å². The maximum absolute atomic E-state index is 9.45. The van der Waals surface area contributed by atoms with Gasteiger partial charge in [-0.25, -0.2) is 0 Å². The van der Waals surface area contributed by atoms with Gasteiger partial charge in [0.1, 0.15) is 12.4 Å². The number of ether oxygens (including phenoxy) is 1. The van der Waals surface area contributed by atoms with Crippen LogP contribution in [0.4, 0.5) is 0 Å². The first kappa shape index (κ1) is 14.8. The molecule has 0 bridgehead atoms. The number of aliphatic hydroxyl groups is 1. The molecule has 0 spiro atoms. The van der Waals surface area contributed by atoms with Crippen LogP contribution in [0, 0.1) is 11.3 Å². The molecule has 1 saturated heterocycles. The van der Waals surface area contributed by atoms with Crippen molar-refractivity contribution in [2.24, 2.45) is 0 Å². The Morgan fingerprint density at radius 1 is 1.25 bits per heavy atom. The number of hydrogen-bond acceptors (Lipinski definition) is 4. The summed E-state index contributed by atoms with van der Waals surface area (Å²) in [5, 5.41) is 18.2. The van der Waals surface area contributed by atoms with Crippen LogP contribution in [0.3, 0.4) is 0 Å². The summed E-state index contributed by atoms with van der Waals surface area (Å²) in [6, 6.07) is 9.54. The van der Waals surface area contributed by atoms with Gasteiger partial charge in [0.2, 0.25) is 0 Å². The second kappa shape index (κ2) is 7.88. The SMILES string of the molecule is N#Cc1ccc(OCCN2CCCCCC2CO)cc1. The van der Waals surface area contributed by atoms with E-state index in [4.69, 9.17) is 10.00 Å². The van der Waals surface area contributed by atoms with Gasteiger partial charge in [-0.3, -0.25) is 4.90 Å². The van der Waals surface area contributed by atoms with Crippen molar-refractivity contribution in [3.05, 3.63) is 29.8 Å². The van der Waals surface area contributed by atoms with Crippen LogP contribution >= 0.6 is 0 Å². The maximum Gasteiger partial charge on any atom is 0.119 e. The number of nitrogens with zero attached hydrogens (tertiary/aromatic N) is 2. The monoisotopic (exact) mass is 274 g/mol. The molecule has 108 valence electrons. The number of aliphatic hydroxyl groups excluding tert-OH is 1. The third-order valence-corrected chi connectivity index (χ3v) is 3.84. The Balaban J connectivity index is 1.80. The van der Waals surface area contributed by atoms with E-state index in [0.29, 0.717) is 12.2 Å². The van der Waals surface area contributed by atoms with Crippen LogP contribution in [0.15, 0.2) is 24.3 Å². The third kappa shape index (κ3) is 4.22. The van der Waals surface area contributed by atoms with Crippen molar-refractivity contribution in [3.8, 4) is 11.8 Å². The number of rotatable bonds is 5. The van der Waals surface area contributed by atoms with E-state index >= 15 is 0 Å². The molecule has 0 saturated carbocycles. The maximum atomic E-state index is 9.45. The smallest absolute Gasteiger partial charge is 0.119 e. The highest BCUT2D eigenvalue weighted by molar-refractivity contribution is 5.34. The van der Waals surface area contributed by atoms with Crippen LogP contribution in [-0.4, -0.2) is 42.4 Å². The summed E-state index contributed by atoms with van der Waals surface area (Å²) in [6.45, 7) is 2.73. The zero-order chi connectivity index (χ0) is 14.2. The molecule has 1 aliphatic rings. The highest BCUT2D eigenvalue weighted by atomic mass is 16.5. The Morgan fingerprint density at radius 2 is 2.05 bits per heavy atom. The van der Waals surface area contributed by atoms with Crippen molar-refractivity contribution in [2.75, 3.05) is 26.3 Å². The first-order valence-corrected chi connectivity index (χ1v) is 7.31. The van der Waals surface area contributed by atoms with Crippen LogP contribution in [0.25, 0.3) is 0 Å². The van der Waals surface area contributed by atoms with Crippen molar-refractivity contribution in [1.82, 2.24) is 4.90 Å². The zero-order valence-electron chi connectivity index (χ0n) is 11.8. The summed E-state index contributed by atoms with van der Waals surface area (Å²) in [5.41, 5.74) is 0.644. The summed E-state index contributed by atoms with van der Waals surface area (Å²) < 4.78 is 5.71. The molecule has 1 aliphatic heterocycles. The number of likely N-dealkylation sites (tertiary alicyclic amines) is 1. The quantitative estimate of drug-likeness (QED) is 0.894. The fourth-order valence-electron chi connectivity index (χ4n) is 2.64. The summed E-state index contributed by atoms with van der Waals surface area (Å²) >= 11 is 0. The Bertz CT molecular complexity index is 439. The molecule has 1 heterocycles. The summed E-state index contributed by atoms with van der Waals surface area (Å²) in [7, 11) is 0.